The summed E-state index contributed by atoms with van der Waals surface area (Å²) in [4.78, 5) is 14.4. The maximum Gasteiger partial charge on any atom is 0.251 e. The average molecular weight is 329 g/mol. The Balaban J connectivity index is 0.00000441. The van der Waals surface area contributed by atoms with E-state index < -0.39 is 6.10 Å². The Hall–Kier alpha value is -1.10. The predicted molar refractivity (Wildman–Crippen MR) is 93.1 cm³/mol. The Morgan fingerprint density at radius 1 is 1.27 bits per heavy atom. The van der Waals surface area contributed by atoms with Crippen LogP contribution in [0.5, 0.6) is 0 Å². The number of ether oxygens (including phenoxy) is 1. The molecule has 1 rings (SSSR count). The van der Waals surface area contributed by atoms with Crippen LogP contribution in [0.25, 0.3) is 0 Å². The zero-order valence-corrected chi connectivity index (χ0v) is 14.5. The van der Waals surface area contributed by atoms with Crippen LogP contribution in [0.1, 0.15) is 38.7 Å². The molecule has 1 amide bonds. The molecule has 0 saturated heterocycles. The fourth-order valence-corrected chi connectivity index (χ4v) is 2.09. The number of benzene rings is 1. The zero-order chi connectivity index (χ0) is 15.5. The van der Waals surface area contributed by atoms with Crippen molar-refractivity contribution in [3.8, 4) is 0 Å². The highest BCUT2D eigenvalue weighted by molar-refractivity contribution is 5.85. The Kier molecular flexibility index (Phi) is 11.8. The lowest BCUT2D eigenvalue weighted by Gasteiger charge is -2.26. The van der Waals surface area contributed by atoms with Gasteiger partial charge in [-0.3, -0.25) is 4.79 Å². The second kappa shape index (κ2) is 12.4. The minimum absolute atomic E-state index is 0. The van der Waals surface area contributed by atoms with Gasteiger partial charge in [-0.25, -0.2) is 0 Å². The van der Waals surface area contributed by atoms with E-state index in [1.54, 1.807) is 0 Å². The number of halogens is 1. The molecule has 1 aromatic carbocycles. The van der Waals surface area contributed by atoms with Crippen LogP contribution < -0.4 is 5.73 Å². The molecular weight excluding hydrogens is 300 g/mol. The van der Waals surface area contributed by atoms with Crippen molar-refractivity contribution < 1.29 is 9.53 Å². The lowest BCUT2D eigenvalue weighted by Crippen LogP contribution is -2.40. The first kappa shape index (κ1) is 20.9. The maximum absolute atomic E-state index is 12.5. The van der Waals surface area contributed by atoms with E-state index in [4.69, 9.17) is 10.5 Å². The molecule has 0 saturated carbocycles. The van der Waals surface area contributed by atoms with Gasteiger partial charge in [0.15, 0.2) is 0 Å². The Labute approximate surface area is 140 Å². The predicted octanol–water partition coefficient (Wildman–Crippen LogP) is 2.99. The van der Waals surface area contributed by atoms with Crippen molar-refractivity contribution >= 4 is 18.3 Å². The number of unbranched alkanes of at least 4 members (excludes halogenated alkanes) is 1. The van der Waals surface area contributed by atoms with Crippen molar-refractivity contribution in [1.29, 1.82) is 0 Å². The van der Waals surface area contributed by atoms with Crippen LogP contribution in [-0.4, -0.2) is 36.6 Å². The molecule has 1 unspecified atom stereocenters. The van der Waals surface area contributed by atoms with Gasteiger partial charge >= 0.3 is 0 Å². The smallest absolute Gasteiger partial charge is 0.251 e. The van der Waals surface area contributed by atoms with Crippen molar-refractivity contribution in [2.45, 2.75) is 45.8 Å². The molecule has 126 valence electrons. The van der Waals surface area contributed by atoms with Crippen molar-refractivity contribution in [3.63, 3.8) is 0 Å². The van der Waals surface area contributed by atoms with Gasteiger partial charge in [0.05, 0.1) is 0 Å². The molecule has 0 radical (unpaired) electrons. The molecule has 0 spiro atoms. The number of nitrogens with two attached hydrogens (primary N) is 1. The average Bonchev–Trinajstić information content (AvgIpc) is 2.51. The van der Waals surface area contributed by atoms with Gasteiger partial charge in [0.1, 0.15) is 6.10 Å². The molecule has 2 N–H and O–H groups in total. The van der Waals surface area contributed by atoms with E-state index in [2.05, 4.69) is 6.92 Å². The summed E-state index contributed by atoms with van der Waals surface area (Å²) < 4.78 is 5.62. The fourth-order valence-electron chi connectivity index (χ4n) is 2.09. The minimum atomic E-state index is -0.391. The number of nitrogens with zero attached hydrogens (tertiary/aromatic N) is 1. The standard InChI is InChI=1S/C17H28N2O2.ClH/c1-3-4-13-21-15(2)17(20)19(12-8-11-18)14-16-9-6-5-7-10-16;/h5-7,9-10,15H,3-4,8,11-14,18H2,1-2H3;1H. The highest BCUT2D eigenvalue weighted by atomic mass is 35.5. The Morgan fingerprint density at radius 2 is 1.95 bits per heavy atom. The summed E-state index contributed by atoms with van der Waals surface area (Å²) >= 11 is 0. The molecule has 0 aromatic heterocycles. The lowest BCUT2D eigenvalue weighted by atomic mass is 10.2. The number of carbonyl (C=O) groups excluding carboxylic acids is 1. The first-order valence-corrected chi connectivity index (χ1v) is 7.83. The van der Waals surface area contributed by atoms with Crippen LogP contribution in [0.15, 0.2) is 30.3 Å². The van der Waals surface area contributed by atoms with Gasteiger partial charge in [-0.05, 0) is 31.9 Å². The second-order valence-corrected chi connectivity index (χ2v) is 5.25. The van der Waals surface area contributed by atoms with Crippen LogP contribution in [0.2, 0.25) is 0 Å². The number of hydrogen-bond donors (Lipinski definition) is 1. The number of rotatable bonds is 10. The lowest BCUT2D eigenvalue weighted by molar-refractivity contribution is -0.143. The molecule has 0 aliphatic heterocycles. The minimum Gasteiger partial charge on any atom is -0.369 e. The number of hydrogen-bond acceptors (Lipinski definition) is 3. The van der Waals surface area contributed by atoms with Gasteiger partial charge in [-0.15, -0.1) is 12.4 Å². The molecule has 4 nitrogen and oxygen atoms in total. The second-order valence-electron chi connectivity index (χ2n) is 5.25. The molecule has 0 aliphatic rings. The van der Waals surface area contributed by atoms with E-state index in [9.17, 15) is 4.79 Å². The summed E-state index contributed by atoms with van der Waals surface area (Å²) in [6.45, 7) is 6.45. The third-order valence-electron chi connectivity index (χ3n) is 3.37. The normalized spacial score (nSPS) is 11.6. The SMILES string of the molecule is CCCCOC(C)C(=O)N(CCCN)Cc1ccccc1.Cl. The number of carbonyl (C=O) groups is 1. The highest BCUT2D eigenvalue weighted by Gasteiger charge is 2.20. The summed E-state index contributed by atoms with van der Waals surface area (Å²) in [7, 11) is 0. The van der Waals surface area contributed by atoms with Crippen LogP contribution >= 0.6 is 12.4 Å². The van der Waals surface area contributed by atoms with Crippen LogP contribution in [-0.2, 0) is 16.1 Å². The third-order valence-corrected chi connectivity index (χ3v) is 3.37. The highest BCUT2D eigenvalue weighted by Crippen LogP contribution is 2.09. The fraction of sp³-hybridized carbons (Fsp3) is 0.588. The van der Waals surface area contributed by atoms with E-state index >= 15 is 0 Å². The van der Waals surface area contributed by atoms with Crippen molar-refractivity contribution in [2.24, 2.45) is 5.73 Å². The largest absolute Gasteiger partial charge is 0.369 e. The van der Waals surface area contributed by atoms with Gasteiger partial charge in [0, 0.05) is 19.7 Å². The Morgan fingerprint density at radius 3 is 2.55 bits per heavy atom. The first-order valence-electron chi connectivity index (χ1n) is 7.83. The monoisotopic (exact) mass is 328 g/mol. The van der Waals surface area contributed by atoms with E-state index in [1.807, 2.05) is 42.2 Å². The quantitative estimate of drug-likeness (QED) is 0.672. The summed E-state index contributed by atoms with van der Waals surface area (Å²) in [5, 5.41) is 0. The van der Waals surface area contributed by atoms with Crippen molar-refractivity contribution in [1.82, 2.24) is 4.90 Å². The van der Waals surface area contributed by atoms with E-state index in [-0.39, 0.29) is 18.3 Å². The summed E-state index contributed by atoms with van der Waals surface area (Å²) in [6.07, 6.45) is 2.47. The van der Waals surface area contributed by atoms with Crippen LogP contribution in [0.3, 0.4) is 0 Å². The number of amides is 1. The molecule has 1 aromatic rings. The molecule has 5 heteroatoms. The van der Waals surface area contributed by atoms with Crippen molar-refractivity contribution in [2.75, 3.05) is 19.7 Å². The Bertz CT molecular complexity index is 401. The van der Waals surface area contributed by atoms with Crippen LogP contribution in [0.4, 0.5) is 0 Å². The van der Waals surface area contributed by atoms with E-state index in [1.165, 1.54) is 0 Å². The van der Waals surface area contributed by atoms with Crippen LogP contribution in [0, 0.1) is 0 Å². The van der Waals surface area contributed by atoms with Gasteiger partial charge in [0.2, 0.25) is 0 Å². The summed E-state index contributed by atoms with van der Waals surface area (Å²) in [5.74, 6) is 0.0448. The molecule has 22 heavy (non-hydrogen) atoms. The topological polar surface area (TPSA) is 55.6 Å². The maximum atomic E-state index is 12.5. The summed E-state index contributed by atoms with van der Waals surface area (Å²) in [6, 6.07) is 10.0. The molecule has 0 bridgehead atoms. The molecular formula is C17H29ClN2O2. The zero-order valence-electron chi connectivity index (χ0n) is 13.7. The van der Waals surface area contributed by atoms with Gasteiger partial charge in [-0.2, -0.15) is 0 Å². The van der Waals surface area contributed by atoms with Gasteiger partial charge in [0.25, 0.3) is 5.91 Å². The van der Waals surface area contributed by atoms with Gasteiger partial charge in [-0.1, -0.05) is 43.7 Å². The third kappa shape index (κ3) is 7.78. The van der Waals surface area contributed by atoms with E-state index in [0.717, 1.165) is 24.8 Å². The van der Waals surface area contributed by atoms with Crippen molar-refractivity contribution in [3.05, 3.63) is 35.9 Å². The molecule has 0 aliphatic carbocycles. The van der Waals surface area contributed by atoms with E-state index in [0.29, 0.717) is 26.2 Å². The van der Waals surface area contributed by atoms with Gasteiger partial charge < -0.3 is 15.4 Å². The summed E-state index contributed by atoms with van der Waals surface area (Å²) in [5.41, 5.74) is 6.70. The first-order chi connectivity index (χ1) is 10.2. The molecule has 0 heterocycles. The molecule has 1 atom stereocenters. The molecule has 0 fully saturated rings.